The summed E-state index contributed by atoms with van der Waals surface area (Å²) >= 11 is 0. The fraction of sp³-hybridized carbons (Fsp3) is 0.467. The summed E-state index contributed by atoms with van der Waals surface area (Å²) in [5.74, 6) is 0.447. The summed E-state index contributed by atoms with van der Waals surface area (Å²) in [6, 6.07) is 6.45. The molecular weight excluding hydrogens is 236 g/mol. The Kier molecular flexibility index (Phi) is 4.32. The Bertz CT molecular complexity index is 513. The smallest absolute Gasteiger partial charge is 0.0829 e. The topological polar surface area (TPSA) is 42.7 Å². The van der Waals surface area contributed by atoms with Crippen molar-refractivity contribution in [1.82, 2.24) is 20.1 Å². The van der Waals surface area contributed by atoms with Crippen LogP contribution in [0.5, 0.6) is 0 Å². The first-order valence-electron chi connectivity index (χ1n) is 6.87. The molecule has 0 radical (unpaired) electrons. The van der Waals surface area contributed by atoms with E-state index in [2.05, 4.69) is 61.3 Å². The zero-order valence-corrected chi connectivity index (χ0v) is 12.1. The van der Waals surface area contributed by atoms with E-state index in [1.54, 1.807) is 0 Å². The molecule has 1 N–H and O–H groups in total. The first-order chi connectivity index (χ1) is 9.11. The number of pyridine rings is 1. The van der Waals surface area contributed by atoms with Crippen molar-refractivity contribution in [3.05, 3.63) is 42.0 Å². The van der Waals surface area contributed by atoms with Gasteiger partial charge in [-0.15, -0.1) is 0 Å². The Hall–Kier alpha value is -1.68. The van der Waals surface area contributed by atoms with Crippen LogP contribution in [0.4, 0.5) is 0 Å². The lowest BCUT2D eigenvalue weighted by molar-refractivity contribution is 0.583. The Morgan fingerprint density at radius 1 is 1.16 bits per heavy atom. The molecule has 0 bridgehead atoms. The van der Waals surface area contributed by atoms with Crippen LogP contribution in [0, 0.1) is 0 Å². The Morgan fingerprint density at radius 3 is 2.47 bits per heavy atom. The Morgan fingerprint density at radius 2 is 1.95 bits per heavy atom. The van der Waals surface area contributed by atoms with Gasteiger partial charge in [-0.25, -0.2) is 4.68 Å². The molecule has 0 aliphatic carbocycles. The van der Waals surface area contributed by atoms with Gasteiger partial charge in [-0.1, -0.05) is 20.8 Å². The summed E-state index contributed by atoms with van der Waals surface area (Å²) in [6.45, 7) is 9.46. The second kappa shape index (κ2) is 5.97. The molecule has 0 aromatic carbocycles. The van der Waals surface area contributed by atoms with Crippen molar-refractivity contribution in [2.75, 3.05) is 6.54 Å². The standard InChI is InChI=1S/C15H22N4/c1-5-16-12(4)15-7-6-13(10-17-15)19-9-8-14(18-19)11(2)3/h6-12,16H,5H2,1-4H3. The van der Waals surface area contributed by atoms with Crippen LogP contribution in [0.1, 0.15) is 51.0 Å². The molecule has 0 aliphatic rings. The molecule has 0 amide bonds. The van der Waals surface area contributed by atoms with Gasteiger partial charge in [0.15, 0.2) is 0 Å². The summed E-state index contributed by atoms with van der Waals surface area (Å²) in [4.78, 5) is 4.50. The number of aromatic nitrogens is 3. The van der Waals surface area contributed by atoms with Gasteiger partial charge in [0.1, 0.15) is 0 Å². The summed E-state index contributed by atoms with van der Waals surface area (Å²) in [5.41, 5.74) is 3.16. The molecule has 1 atom stereocenters. The van der Waals surface area contributed by atoms with Crippen molar-refractivity contribution in [2.24, 2.45) is 0 Å². The van der Waals surface area contributed by atoms with E-state index in [1.165, 1.54) is 0 Å². The van der Waals surface area contributed by atoms with E-state index in [4.69, 9.17) is 0 Å². The SMILES string of the molecule is CCNC(C)c1ccc(-n2ccc(C(C)C)n2)cn1. The maximum Gasteiger partial charge on any atom is 0.0829 e. The molecule has 0 saturated heterocycles. The lowest BCUT2D eigenvalue weighted by atomic mass is 10.1. The van der Waals surface area contributed by atoms with Gasteiger partial charge in [0.25, 0.3) is 0 Å². The molecule has 4 heteroatoms. The zero-order valence-electron chi connectivity index (χ0n) is 12.1. The minimum Gasteiger partial charge on any atom is -0.309 e. The molecule has 0 aliphatic heterocycles. The summed E-state index contributed by atoms with van der Waals surface area (Å²) in [5, 5.41) is 7.91. The van der Waals surface area contributed by atoms with Crippen molar-refractivity contribution in [3.63, 3.8) is 0 Å². The number of nitrogens with one attached hydrogen (secondary N) is 1. The molecule has 0 saturated carbocycles. The molecule has 102 valence electrons. The molecule has 2 rings (SSSR count). The van der Waals surface area contributed by atoms with Crippen LogP contribution in [0.3, 0.4) is 0 Å². The predicted molar refractivity (Wildman–Crippen MR) is 77.5 cm³/mol. The van der Waals surface area contributed by atoms with Crippen LogP contribution in [0.2, 0.25) is 0 Å². The monoisotopic (exact) mass is 258 g/mol. The summed E-state index contributed by atoms with van der Waals surface area (Å²) in [7, 11) is 0. The highest BCUT2D eigenvalue weighted by atomic mass is 15.3. The van der Waals surface area contributed by atoms with Gasteiger partial charge in [0, 0.05) is 12.2 Å². The number of hydrogen-bond donors (Lipinski definition) is 1. The number of rotatable bonds is 5. The molecule has 1 unspecified atom stereocenters. The largest absolute Gasteiger partial charge is 0.309 e. The average Bonchev–Trinajstić information content (AvgIpc) is 2.89. The molecule has 4 nitrogen and oxygen atoms in total. The van der Waals surface area contributed by atoms with Crippen LogP contribution in [0.25, 0.3) is 5.69 Å². The average molecular weight is 258 g/mol. The lowest BCUT2D eigenvalue weighted by Gasteiger charge is -2.12. The zero-order chi connectivity index (χ0) is 13.8. The van der Waals surface area contributed by atoms with Crippen LogP contribution in [-0.2, 0) is 0 Å². The van der Waals surface area contributed by atoms with Crippen molar-refractivity contribution in [2.45, 2.75) is 39.7 Å². The third-order valence-electron chi connectivity index (χ3n) is 3.19. The second-order valence-corrected chi connectivity index (χ2v) is 5.06. The normalized spacial score (nSPS) is 12.9. The number of hydrogen-bond acceptors (Lipinski definition) is 3. The maximum absolute atomic E-state index is 4.55. The second-order valence-electron chi connectivity index (χ2n) is 5.06. The van der Waals surface area contributed by atoms with E-state index < -0.39 is 0 Å². The first-order valence-corrected chi connectivity index (χ1v) is 6.87. The predicted octanol–water partition coefficient (Wildman–Crippen LogP) is 3.06. The van der Waals surface area contributed by atoms with Crippen LogP contribution >= 0.6 is 0 Å². The van der Waals surface area contributed by atoms with Gasteiger partial charge in [-0.3, -0.25) is 4.98 Å². The summed E-state index contributed by atoms with van der Waals surface area (Å²) < 4.78 is 1.88. The fourth-order valence-corrected chi connectivity index (χ4v) is 1.99. The quantitative estimate of drug-likeness (QED) is 0.896. The van der Waals surface area contributed by atoms with Gasteiger partial charge in [-0.05, 0) is 37.6 Å². The third-order valence-corrected chi connectivity index (χ3v) is 3.19. The van der Waals surface area contributed by atoms with E-state index in [1.807, 2.05) is 17.1 Å². The van der Waals surface area contributed by atoms with E-state index >= 15 is 0 Å². The van der Waals surface area contributed by atoms with Crippen LogP contribution < -0.4 is 5.32 Å². The molecular formula is C15H22N4. The highest BCUT2D eigenvalue weighted by molar-refractivity contribution is 5.30. The first kappa shape index (κ1) is 13.7. The number of nitrogens with zero attached hydrogens (tertiary/aromatic N) is 3. The summed E-state index contributed by atoms with van der Waals surface area (Å²) in [6.07, 6.45) is 3.86. The van der Waals surface area contributed by atoms with E-state index in [-0.39, 0.29) is 6.04 Å². The highest BCUT2D eigenvalue weighted by Gasteiger charge is 2.07. The minimum atomic E-state index is 0.280. The molecule has 2 heterocycles. The van der Waals surface area contributed by atoms with Crippen molar-refractivity contribution >= 4 is 0 Å². The molecule has 0 fully saturated rings. The minimum absolute atomic E-state index is 0.280. The van der Waals surface area contributed by atoms with Gasteiger partial charge < -0.3 is 5.32 Å². The van der Waals surface area contributed by atoms with Crippen molar-refractivity contribution in [1.29, 1.82) is 0 Å². The maximum atomic E-state index is 4.55. The van der Waals surface area contributed by atoms with Crippen molar-refractivity contribution in [3.8, 4) is 5.69 Å². The van der Waals surface area contributed by atoms with Crippen LogP contribution in [0.15, 0.2) is 30.6 Å². The van der Waals surface area contributed by atoms with Crippen LogP contribution in [-0.4, -0.2) is 21.3 Å². The molecule has 0 spiro atoms. The van der Waals surface area contributed by atoms with Gasteiger partial charge in [-0.2, -0.15) is 5.10 Å². The van der Waals surface area contributed by atoms with Gasteiger partial charge >= 0.3 is 0 Å². The highest BCUT2D eigenvalue weighted by Crippen LogP contribution is 2.15. The Balaban J connectivity index is 2.17. The Labute approximate surface area is 114 Å². The van der Waals surface area contributed by atoms with Gasteiger partial charge in [0.05, 0.1) is 23.3 Å². The van der Waals surface area contributed by atoms with E-state index in [0.717, 1.165) is 23.6 Å². The van der Waals surface area contributed by atoms with Gasteiger partial charge in [0.2, 0.25) is 0 Å². The lowest BCUT2D eigenvalue weighted by Crippen LogP contribution is -2.18. The van der Waals surface area contributed by atoms with E-state index in [0.29, 0.717) is 5.92 Å². The molecule has 2 aromatic heterocycles. The van der Waals surface area contributed by atoms with Crippen molar-refractivity contribution < 1.29 is 0 Å². The van der Waals surface area contributed by atoms with E-state index in [9.17, 15) is 0 Å². The molecule has 2 aromatic rings. The fourth-order valence-electron chi connectivity index (χ4n) is 1.99. The third kappa shape index (κ3) is 3.20. The molecule has 19 heavy (non-hydrogen) atoms.